The Hall–Kier alpha value is -0.800. The minimum atomic E-state index is 0.291. The van der Waals surface area contributed by atoms with Crippen LogP contribution >= 0.6 is 0 Å². The first kappa shape index (κ1) is 13.6. The molecule has 1 heterocycles. The SMILES string of the molecule is CC(C)CC(C)OCc1occc1CNC1CC1. The fraction of sp³-hybridized carbons (Fsp3) is 0.733. The highest BCUT2D eigenvalue weighted by Crippen LogP contribution is 2.21. The van der Waals surface area contributed by atoms with Gasteiger partial charge in [-0.25, -0.2) is 0 Å². The summed E-state index contributed by atoms with van der Waals surface area (Å²) >= 11 is 0. The van der Waals surface area contributed by atoms with E-state index in [0.717, 1.165) is 24.8 Å². The lowest BCUT2D eigenvalue weighted by molar-refractivity contribution is 0.0298. The van der Waals surface area contributed by atoms with Crippen molar-refractivity contribution in [3.63, 3.8) is 0 Å². The van der Waals surface area contributed by atoms with E-state index in [2.05, 4.69) is 26.1 Å². The van der Waals surface area contributed by atoms with Crippen molar-refractivity contribution in [3.8, 4) is 0 Å². The molecule has 1 aliphatic carbocycles. The Kier molecular flexibility index (Phi) is 4.84. The highest BCUT2D eigenvalue weighted by atomic mass is 16.5. The molecule has 18 heavy (non-hydrogen) atoms. The largest absolute Gasteiger partial charge is 0.467 e. The summed E-state index contributed by atoms with van der Waals surface area (Å²) in [5.41, 5.74) is 1.23. The maximum absolute atomic E-state index is 5.84. The molecule has 1 atom stereocenters. The van der Waals surface area contributed by atoms with Crippen LogP contribution in [0.25, 0.3) is 0 Å². The van der Waals surface area contributed by atoms with Crippen molar-refractivity contribution in [1.29, 1.82) is 0 Å². The van der Waals surface area contributed by atoms with Crippen molar-refractivity contribution in [2.24, 2.45) is 5.92 Å². The Morgan fingerprint density at radius 1 is 1.39 bits per heavy atom. The van der Waals surface area contributed by atoms with Gasteiger partial charge >= 0.3 is 0 Å². The maximum Gasteiger partial charge on any atom is 0.133 e. The summed E-state index contributed by atoms with van der Waals surface area (Å²) in [7, 11) is 0. The number of ether oxygens (including phenoxy) is 1. The quantitative estimate of drug-likeness (QED) is 0.768. The Balaban J connectivity index is 1.75. The van der Waals surface area contributed by atoms with Crippen molar-refractivity contribution in [1.82, 2.24) is 5.32 Å². The van der Waals surface area contributed by atoms with Gasteiger partial charge in [0.25, 0.3) is 0 Å². The molecular formula is C15H25NO2. The number of hydrogen-bond acceptors (Lipinski definition) is 3. The second-order valence-corrected chi connectivity index (χ2v) is 5.78. The second kappa shape index (κ2) is 6.39. The number of nitrogens with one attached hydrogen (secondary N) is 1. The molecule has 0 aromatic carbocycles. The second-order valence-electron chi connectivity index (χ2n) is 5.78. The summed E-state index contributed by atoms with van der Waals surface area (Å²) in [5.74, 6) is 1.64. The average molecular weight is 251 g/mol. The smallest absolute Gasteiger partial charge is 0.133 e. The summed E-state index contributed by atoms with van der Waals surface area (Å²) in [6.45, 7) is 8.06. The summed E-state index contributed by atoms with van der Waals surface area (Å²) in [5, 5.41) is 3.50. The highest BCUT2D eigenvalue weighted by molar-refractivity contribution is 5.16. The predicted octanol–water partition coefficient (Wildman–Crippen LogP) is 3.48. The molecule has 0 radical (unpaired) electrons. The molecule has 0 amide bonds. The normalized spacial score (nSPS) is 17.3. The first-order valence-electron chi connectivity index (χ1n) is 7.05. The molecule has 0 aliphatic heterocycles. The van der Waals surface area contributed by atoms with Gasteiger partial charge in [0.15, 0.2) is 0 Å². The average Bonchev–Trinajstić information content (AvgIpc) is 3.02. The molecule has 102 valence electrons. The molecule has 0 saturated heterocycles. The van der Waals surface area contributed by atoms with Crippen molar-refractivity contribution < 1.29 is 9.15 Å². The molecule has 3 heteroatoms. The third-order valence-corrected chi connectivity index (χ3v) is 3.30. The van der Waals surface area contributed by atoms with Crippen LogP contribution < -0.4 is 5.32 Å². The van der Waals surface area contributed by atoms with E-state index in [4.69, 9.17) is 9.15 Å². The molecule has 1 N–H and O–H groups in total. The molecule has 1 fully saturated rings. The summed E-state index contributed by atoms with van der Waals surface area (Å²) in [6.07, 6.45) is 5.77. The Morgan fingerprint density at radius 3 is 2.83 bits per heavy atom. The van der Waals surface area contributed by atoms with Crippen LogP contribution in [0, 0.1) is 5.92 Å². The number of hydrogen-bond donors (Lipinski definition) is 1. The molecule has 1 aromatic rings. The van der Waals surface area contributed by atoms with E-state index >= 15 is 0 Å². The van der Waals surface area contributed by atoms with Crippen LogP contribution in [0.2, 0.25) is 0 Å². The lowest BCUT2D eigenvalue weighted by Gasteiger charge is -2.14. The van der Waals surface area contributed by atoms with E-state index in [0.29, 0.717) is 18.6 Å². The summed E-state index contributed by atoms with van der Waals surface area (Å²) in [4.78, 5) is 0. The van der Waals surface area contributed by atoms with E-state index in [1.54, 1.807) is 6.26 Å². The molecule has 1 saturated carbocycles. The van der Waals surface area contributed by atoms with Gasteiger partial charge in [-0.1, -0.05) is 13.8 Å². The molecule has 2 rings (SSSR count). The number of rotatable bonds is 8. The monoisotopic (exact) mass is 251 g/mol. The van der Waals surface area contributed by atoms with E-state index in [1.807, 2.05) is 6.07 Å². The van der Waals surface area contributed by atoms with Gasteiger partial charge in [-0.3, -0.25) is 0 Å². The Morgan fingerprint density at radius 2 is 2.17 bits per heavy atom. The fourth-order valence-electron chi connectivity index (χ4n) is 2.14. The van der Waals surface area contributed by atoms with Gasteiger partial charge in [-0.05, 0) is 38.2 Å². The van der Waals surface area contributed by atoms with Crippen molar-refractivity contribution in [2.75, 3.05) is 0 Å². The Labute approximate surface area is 110 Å². The summed E-state index contributed by atoms with van der Waals surface area (Å²) in [6, 6.07) is 2.77. The van der Waals surface area contributed by atoms with Crippen LogP contribution in [0.5, 0.6) is 0 Å². The molecule has 1 unspecified atom stereocenters. The van der Waals surface area contributed by atoms with Crippen molar-refractivity contribution in [2.45, 2.75) is 65.3 Å². The zero-order valence-electron chi connectivity index (χ0n) is 11.7. The van der Waals surface area contributed by atoms with Crippen molar-refractivity contribution >= 4 is 0 Å². The lowest BCUT2D eigenvalue weighted by Crippen LogP contribution is -2.16. The van der Waals surface area contributed by atoms with Gasteiger partial charge in [0.05, 0.1) is 12.4 Å². The van der Waals surface area contributed by atoms with E-state index < -0.39 is 0 Å². The van der Waals surface area contributed by atoms with Crippen LogP contribution in [0.3, 0.4) is 0 Å². The van der Waals surface area contributed by atoms with Crippen LogP contribution in [0.1, 0.15) is 51.4 Å². The predicted molar refractivity (Wildman–Crippen MR) is 72.3 cm³/mol. The zero-order valence-corrected chi connectivity index (χ0v) is 11.7. The van der Waals surface area contributed by atoms with Gasteiger partial charge in [0.1, 0.15) is 12.4 Å². The van der Waals surface area contributed by atoms with Crippen molar-refractivity contribution in [3.05, 3.63) is 23.7 Å². The van der Waals surface area contributed by atoms with E-state index in [1.165, 1.54) is 18.4 Å². The molecular weight excluding hydrogens is 226 g/mol. The first-order valence-corrected chi connectivity index (χ1v) is 7.05. The van der Waals surface area contributed by atoms with Crippen LogP contribution in [-0.4, -0.2) is 12.1 Å². The van der Waals surface area contributed by atoms with Gasteiger partial charge < -0.3 is 14.5 Å². The zero-order chi connectivity index (χ0) is 13.0. The minimum absolute atomic E-state index is 0.291. The third kappa shape index (κ3) is 4.46. The number of furan rings is 1. The molecule has 1 aliphatic rings. The molecule has 0 spiro atoms. The van der Waals surface area contributed by atoms with Gasteiger partial charge in [0.2, 0.25) is 0 Å². The third-order valence-electron chi connectivity index (χ3n) is 3.30. The molecule has 3 nitrogen and oxygen atoms in total. The molecule has 1 aromatic heterocycles. The molecule has 0 bridgehead atoms. The summed E-state index contributed by atoms with van der Waals surface area (Å²) < 4.78 is 11.3. The standard InChI is InChI=1S/C15H25NO2/c1-11(2)8-12(3)18-10-15-13(6-7-17-15)9-16-14-4-5-14/h6-7,11-12,14,16H,4-5,8-10H2,1-3H3. The van der Waals surface area contributed by atoms with E-state index in [-0.39, 0.29) is 0 Å². The van der Waals surface area contributed by atoms with Crippen LogP contribution in [-0.2, 0) is 17.9 Å². The minimum Gasteiger partial charge on any atom is -0.467 e. The fourth-order valence-corrected chi connectivity index (χ4v) is 2.14. The van der Waals surface area contributed by atoms with Gasteiger partial charge in [-0.2, -0.15) is 0 Å². The topological polar surface area (TPSA) is 34.4 Å². The van der Waals surface area contributed by atoms with Crippen LogP contribution in [0.15, 0.2) is 16.7 Å². The maximum atomic E-state index is 5.84. The highest BCUT2D eigenvalue weighted by Gasteiger charge is 2.21. The first-order chi connectivity index (χ1) is 8.65. The Bertz CT molecular complexity index is 355. The van der Waals surface area contributed by atoms with Gasteiger partial charge in [-0.15, -0.1) is 0 Å². The lowest BCUT2D eigenvalue weighted by atomic mass is 10.1. The van der Waals surface area contributed by atoms with E-state index in [9.17, 15) is 0 Å². The van der Waals surface area contributed by atoms with Crippen LogP contribution in [0.4, 0.5) is 0 Å². The van der Waals surface area contributed by atoms with Gasteiger partial charge in [0, 0.05) is 18.2 Å².